The third-order valence-electron chi connectivity index (χ3n) is 5.35. The lowest BCUT2D eigenvalue weighted by atomic mass is 10.1. The second kappa shape index (κ2) is 6.74. The van der Waals surface area contributed by atoms with Gasteiger partial charge < -0.3 is 19.0 Å². The summed E-state index contributed by atoms with van der Waals surface area (Å²) in [5.74, 6) is 0.735. The van der Waals surface area contributed by atoms with Gasteiger partial charge in [0, 0.05) is 57.4 Å². The number of morpholine rings is 1. The third-order valence-corrected chi connectivity index (χ3v) is 5.35. The van der Waals surface area contributed by atoms with E-state index in [1.54, 1.807) is 24.0 Å². The Labute approximate surface area is 146 Å². The molecule has 4 rings (SSSR count). The number of aliphatic hydroxyl groups excluding tert-OH is 1. The fourth-order valence-electron chi connectivity index (χ4n) is 4.02. The minimum absolute atomic E-state index is 0.0305. The SMILES string of the molecule is Cn1cccc(-c2nccn2[C@@H]2C[C@H]3CO[C@@H](CCO)CN3C2)c1=O. The smallest absolute Gasteiger partial charge is 0.261 e. The average molecular weight is 344 g/mol. The number of fused-ring (bicyclic) bond motifs is 1. The number of rotatable bonds is 4. The lowest BCUT2D eigenvalue weighted by Gasteiger charge is -2.34. The molecule has 2 aromatic rings. The molecule has 25 heavy (non-hydrogen) atoms. The van der Waals surface area contributed by atoms with Gasteiger partial charge in [0.25, 0.3) is 5.56 Å². The van der Waals surface area contributed by atoms with E-state index in [2.05, 4.69) is 14.5 Å². The molecule has 0 spiro atoms. The Kier molecular flexibility index (Phi) is 4.45. The predicted octanol–water partition coefficient (Wildman–Crippen LogP) is 0.645. The minimum Gasteiger partial charge on any atom is -0.396 e. The van der Waals surface area contributed by atoms with Gasteiger partial charge in [-0.2, -0.15) is 0 Å². The molecule has 4 heterocycles. The van der Waals surface area contributed by atoms with E-state index >= 15 is 0 Å². The second-order valence-electron chi connectivity index (χ2n) is 6.96. The van der Waals surface area contributed by atoms with Gasteiger partial charge in [-0.1, -0.05) is 0 Å². The van der Waals surface area contributed by atoms with Crippen LogP contribution in [0.4, 0.5) is 0 Å². The average Bonchev–Trinajstić information content (AvgIpc) is 3.23. The first kappa shape index (κ1) is 16.5. The highest BCUT2D eigenvalue weighted by molar-refractivity contribution is 5.54. The molecule has 7 heteroatoms. The fourth-order valence-corrected chi connectivity index (χ4v) is 4.02. The summed E-state index contributed by atoms with van der Waals surface area (Å²) in [5.41, 5.74) is 0.603. The van der Waals surface area contributed by atoms with Crippen LogP contribution in [0.25, 0.3) is 11.4 Å². The lowest BCUT2D eigenvalue weighted by Crippen LogP contribution is -2.46. The molecule has 2 aromatic heterocycles. The number of aryl methyl sites for hydroxylation is 1. The second-order valence-corrected chi connectivity index (χ2v) is 6.96. The van der Waals surface area contributed by atoms with E-state index < -0.39 is 0 Å². The maximum atomic E-state index is 12.5. The maximum absolute atomic E-state index is 12.5. The molecule has 0 aliphatic carbocycles. The van der Waals surface area contributed by atoms with Crippen LogP contribution in [0, 0.1) is 0 Å². The topological polar surface area (TPSA) is 72.5 Å². The number of aliphatic hydroxyl groups is 1. The molecule has 0 aromatic carbocycles. The number of aromatic nitrogens is 3. The van der Waals surface area contributed by atoms with Gasteiger partial charge in [0.2, 0.25) is 0 Å². The number of pyridine rings is 1. The first-order chi connectivity index (χ1) is 12.2. The number of hydrogen-bond donors (Lipinski definition) is 1. The van der Waals surface area contributed by atoms with E-state index in [1.165, 1.54) is 0 Å². The quantitative estimate of drug-likeness (QED) is 0.881. The van der Waals surface area contributed by atoms with Gasteiger partial charge in [0.05, 0.1) is 18.3 Å². The van der Waals surface area contributed by atoms with Crippen LogP contribution < -0.4 is 5.56 Å². The summed E-state index contributed by atoms with van der Waals surface area (Å²) in [6.07, 6.45) is 7.28. The molecule has 2 fully saturated rings. The van der Waals surface area contributed by atoms with E-state index in [0.29, 0.717) is 24.6 Å². The zero-order valence-corrected chi connectivity index (χ0v) is 14.4. The maximum Gasteiger partial charge on any atom is 0.261 e. The van der Waals surface area contributed by atoms with E-state index in [4.69, 9.17) is 9.84 Å². The molecule has 1 N–H and O–H groups in total. The van der Waals surface area contributed by atoms with E-state index in [1.807, 2.05) is 18.3 Å². The molecule has 0 saturated carbocycles. The molecule has 7 nitrogen and oxygen atoms in total. The van der Waals surface area contributed by atoms with Crippen molar-refractivity contribution in [3.63, 3.8) is 0 Å². The Morgan fingerprint density at radius 1 is 1.32 bits per heavy atom. The Bertz CT molecular complexity index is 800. The summed E-state index contributed by atoms with van der Waals surface area (Å²) in [5, 5.41) is 9.13. The molecule has 2 saturated heterocycles. The molecule has 134 valence electrons. The van der Waals surface area contributed by atoms with Gasteiger partial charge in [-0.15, -0.1) is 0 Å². The zero-order valence-electron chi connectivity index (χ0n) is 14.4. The van der Waals surface area contributed by atoms with Crippen molar-refractivity contribution in [3.05, 3.63) is 41.1 Å². The summed E-state index contributed by atoms with van der Waals surface area (Å²) in [4.78, 5) is 19.4. The van der Waals surface area contributed by atoms with E-state index in [9.17, 15) is 4.79 Å². The number of ether oxygens (including phenoxy) is 1. The van der Waals surface area contributed by atoms with Crippen molar-refractivity contribution >= 4 is 0 Å². The van der Waals surface area contributed by atoms with Crippen LogP contribution in [0.5, 0.6) is 0 Å². The first-order valence-corrected chi connectivity index (χ1v) is 8.82. The summed E-state index contributed by atoms with van der Waals surface area (Å²) >= 11 is 0. The minimum atomic E-state index is -0.0305. The molecule has 2 aliphatic heterocycles. The number of imidazole rings is 1. The molecule has 2 aliphatic rings. The molecule has 0 amide bonds. The monoisotopic (exact) mass is 344 g/mol. The summed E-state index contributed by atoms with van der Waals surface area (Å²) in [6.45, 7) is 2.65. The van der Waals surface area contributed by atoms with E-state index in [0.717, 1.165) is 25.3 Å². The molecule has 0 radical (unpaired) electrons. The van der Waals surface area contributed by atoms with E-state index in [-0.39, 0.29) is 24.3 Å². The molecular formula is C18H24N4O3. The van der Waals surface area contributed by atoms with Crippen molar-refractivity contribution in [1.29, 1.82) is 0 Å². The number of hydrogen-bond acceptors (Lipinski definition) is 5. The van der Waals surface area contributed by atoms with Crippen LogP contribution in [-0.2, 0) is 11.8 Å². The third kappa shape index (κ3) is 3.03. The Morgan fingerprint density at radius 2 is 2.20 bits per heavy atom. The highest BCUT2D eigenvalue weighted by Gasteiger charge is 2.38. The van der Waals surface area contributed by atoms with Crippen LogP contribution in [0.1, 0.15) is 18.9 Å². The van der Waals surface area contributed by atoms with Gasteiger partial charge in [-0.05, 0) is 25.0 Å². The van der Waals surface area contributed by atoms with Crippen molar-refractivity contribution in [2.24, 2.45) is 7.05 Å². The standard InChI is InChI=1S/C18H24N4O3/c1-20-6-2-3-16(18(20)24)17-19-5-7-22(17)13-9-14-12-25-15(4-8-23)11-21(14)10-13/h2-3,5-7,13-15,23H,4,8-12H2,1H3/t13-,14+,15+/m1/s1. The van der Waals surface area contributed by atoms with Gasteiger partial charge in [0.15, 0.2) is 0 Å². The van der Waals surface area contributed by atoms with Crippen molar-refractivity contribution < 1.29 is 9.84 Å². The Morgan fingerprint density at radius 3 is 3.04 bits per heavy atom. The highest BCUT2D eigenvalue weighted by Crippen LogP contribution is 2.33. The number of nitrogens with zero attached hydrogens (tertiary/aromatic N) is 4. The van der Waals surface area contributed by atoms with Crippen molar-refractivity contribution in [1.82, 2.24) is 19.0 Å². The van der Waals surface area contributed by atoms with Gasteiger partial charge in [-0.25, -0.2) is 4.98 Å². The molecular weight excluding hydrogens is 320 g/mol. The highest BCUT2D eigenvalue weighted by atomic mass is 16.5. The Hall–Kier alpha value is -1.96. The molecule has 0 bridgehead atoms. The largest absolute Gasteiger partial charge is 0.396 e. The lowest BCUT2D eigenvalue weighted by molar-refractivity contribution is -0.0567. The van der Waals surface area contributed by atoms with Gasteiger partial charge in [-0.3, -0.25) is 9.69 Å². The zero-order chi connectivity index (χ0) is 17.4. The molecule has 0 unspecified atom stereocenters. The van der Waals surface area contributed by atoms with Gasteiger partial charge >= 0.3 is 0 Å². The summed E-state index contributed by atoms with van der Waals surface area (Å²) in [7, 11) is 1.76. The van der Waals surface area contributed by atoms with Crippen molar-refractivity contribution in [2.75, 3.05) is 26.3 Å². The van der Waals surface area contributed by atoms with Crippen LogP contribution in [-0.4, -0.2) is 62.6 Å². The van der Waals surface area contributed by atoms with Crippen molar-refractivity contribution in [2.45, 2.75) is 31.0 Å². The van der Waals surface area contributed by atoms with Crippen LogP contribution in [0.3, 0.4) is 0 Å². The molecule has 3 atom stereocenters. The summed E-state index contributed by atoms with van der Waals surface area (Å²) in [6, 6.07) is 4.39. The van der Waals surface area contributed by atoms with Crippen LogP contribution >= 0.6 is 0 Å². The normalized spacial score (nSPS) is 26.7. The van der Waals surface area contributed by atoms with Crippen LogP contribution in [0.15, 0.2) is 35.5 Å². The van der Waals surface area contributed by atoms with Crippen molar-refractivity contribution in [3.8, 4) is 11.4 Å². The summed E-state index contributed by atoms with van der Waals surface area (Å²) < 4.78 is 9.59. The first-order valence-electron chi connectivity index (χ1n) is 8.82. The van der Waals surface area contributed by atoms with Gasteiger partial charge in [0.1, 0.15) is 5.82 Å². The Balaban J connectivity index is 1.58. The predicted molar refractivity (Wildman–Crippen MR) is 93.4 cm³/mol. The van der Waals surface area contributed by atoms with Crippen LogP contribution in [0.2, 0.25) is 0 Å². The fraction of sp³-hybridized carbons (Fsp3) is 0.556.